The number of aromatic nitrogens is 1. The van der Waals surface area contributed by atoms with Crippen molar-refractivity contribution in [3.63, 3.8) is 0 Å². The first-order chi connectivity index (χ1) is 8.88. The van der Waals surface area contributed by atoms with E-state index in [1.807, 2.05) is 13.8 Å². The smallest absolute Gasteiger partial charge is 0.224 e. The fourth-order valence-corrected chi connectivity index (χ4v) is 1.61. The number of hydrogen-bond donors (Lipinski definition) is 4. The summed E-state index contributed by atoms with van der Waals surface area (Å²) in [5.74, 6) is -0.105. The Kier molecular flexibility index (Phi) is 5.62. The molecule has 0 atom stereocenters. The molecule has 19 heavy (non-hydrogen) atoms. The van der Waals surface area contributed by atoms with E-state index in [9.17, 15) is 9.59 Å². The van der Waals surface area contributed by atoms with Gasteiger partial charge in [-0.3, -0.25) is 9.59 Å². The van der Waals surface area contributed by atoms with E-state index in [0.717, 1.165) is 0 Å². The van der Waals surface area contributed by atoms with E-state index in [1.165, 1.54) is 0 Å². The normalized spacial score (nSPS) is 10.3. The number of nitrogens with zero attached hydrogens (tertiary/aromatic N) is 1. The van der Waals surface area contributed by atoms with Gasteiger partial charge < -0.3 is 16.4 Å². The first-order valence-corrected chi connectivity index (χ1v) is 6.38. The van der Waals surface area contributed by atoms with Crippen LogP contribution in [0.15, 0.2) is 17.2 Å². The van der Waals surface area contributed by atoms with Crippen LogP contribution in [0.4, 0.5) is 11.5 Å². The van der Waals surface area contributed by atoms with Gasteiger partial charge in [-0.2, -0.15) is 0 Å². The Bertz CT molecular complexity index is 477. The molecule has 1 rings (SSSR count). The van der Waals surface area contributed by atoms with Crippen molar-refractivity contribution < 1.29 is 9.59 Å². The first kappa shape index (κ1) is 15.3. The third kappa shape index (κ3) is 5.60. The van der Waals surface area contributed by atoms with Gasteiger partial charge in [-0.1, -0.05) is 0 Å². The van der Waals surface area contributed by atoms with Gasteiger partial charge in [0.25, 0.3) is 0 Å². The number of carbonyl (C=O) groups is 2. The highest BCUT2D eigenvalue weighted by atomic mass is 32.1. The Hall–Kier alpha value is -1.76. The zero-order valence-corrected chi connectivity index (χ0v) is 11.8. The van der Waals surface area contributed by atoms with Crippen molar-refractivity contribution in [2.75, 3.05) is 10.6 Å². The molecule has 0 aliphatic heterocycles. The van der Waals surface area contributed by atoms with E-state index in [-0.39, 0.29) is 24.8 Å². The largest absolute Gasteiger partial charge is 0.370 e. The van der Waals surface area contributed by atoms with Gasteiger partial charge in [0.2, 0.25) is 11.8 Å². The number of hydrogen-bond acceptors (Lipinski definition) is 5. The molecule has 2 amide bonds. The molecular weight excluding hydrogens is 264 g/mol. The Labute approximate surface area is 117 Å². The summed E-state index contributed by atoms with van der Waals surface area (Å²) in [7, 11) is 0. The number of primary amides is 1. The second-order valence-corrected chi connectivity index (χ2v) is 4.80. The van der Waals surface area contributed by atoms with Crippen LogP contribution >= 0.6 is 12.6 Å². The summed E-state index contributed by atoms with van der Waals surface area (Å²) < 4.78 is 0. The lowest BCUT2D eigenvalue weighted by Gasteiger charge is -2.12. The van der Waals surface area contributed by atoms with E-state index >= 15 is 0 Å². The number of thiol groups is 1. The Balaban J connectivity index is 2.64. The number of rotatable bonds is 6. The highest BCUT2D eigenvalue weighted by Crippen LogP contribution is 2.20. The molecule has 1 aromatic heterocycles. The molecule has 104 valence electrons. The van der Waals surface area contributed by atoms with Crippen molar-refractivity contribution in [2.24, 2.45) is 5.73 Å². The lowest BCUT2D eigenvalue weighted by molar-refractivity contribution is -0.122. The van der Waals surface area contributed by atoms with Crippen LogP contribution in [-0.4, -0.2) is 22.8 Å². The maximum atomic E-state index is 11.5. The molecule has 0 aliphatic carbocycles. The lowest BCUT2D eigenvalue weighted by Crippen LogP contribution is -2.18. The van der Waals surface area contributed by atoms with Gasteiger partial charge in [-0.05, 0) is 26.0 Å². The van der Waals surface area contributed by atoms with Gasteiger partial charge >= 0.3 is 0 Å². The quantitative estimate of drug-likeness (QED) is 0.593. The Morgan fingerprint density at radius 3 is 2.58 bits per heavy atom. The monoisotopic (exact) mass is 282 g/mol. The van der Waals surface area contributed by atoms with Gasteiger partial charge in [-0.25, -0.2) is 4.98 Å². The predicted octanol–water partition coefficient (Wildman–Crippen LogP) is 1.39. The Morgan fingerprint density at radius 1 is 1.37 bits per heavy atom. The fraction of sp³-hybridized carbons (Fsp3) is 0.417. The second kappa shape index (κ2) is 6.98. The third-order valence-electron chi connectivity index (χ3n) is 2.18. The molecule has 0 aromatic carbocycles. The van der Waals surface area contributed by atoms with Crippen molar-refractivity contribution in [3.8, 4) is 0 Å². The van der Waals surface area contributed by atoms with Gasteiger partial charge in [0, 0.05) is 18.9 Å². The summed E-state index contributed by atoms with van der Waals surface area (Å²) in [5.41, 5.74) is 5.48. The fourth-order valence-electron chi connectivity index (χ4n) is 1.37. The van der Waals surface area contributed by atoms with Crippen LogP contribution in [0.5, 0.6) is 0 Å². The van der Waals surface area contributed by atoms with Crippen LogP contribution in [0.3, 0.4) is 0 Å². The highest BCUT2D eigenvalue weighted by molar-refractivity contribution is 7.80. The van der Waals surface area contributed by atoms with E-state index in [2.05, 4.69) is 28.2 Å². The SMILES string of the molecule is CC(C)Nc1ccc(NC(=O)CCC(N)=O)c(S)n1. The van der Waals surface area contributed by atoms with Crippen LogP contribution < -0.4 is 16.4 Å². The van der Waals surface area contributed by atoms with Crippen molar-refractivity contribution in [1.82, 2.24) is 4.98 Å². The molecule has 0 saturated carbocycles. The third-order valence-corrected chi connectivity index (χ3v) is 2.53. The standard InChI is InChI=1S/C12H18N4O2S/c1-7(2)14-10-5-3-8(12(19)16-10)15-11(18)6-4-9(13)17/h3,5,7H,4,6H2,1-2H3,(H2,13,17)(H,15,18)(H2,14,16,19). The molecular formula is C12H18N4O2S. The van der Waals surface area contributed by atoms with E-state index < -0.39 is 5.91 Å². The molecule has 0 aliphatic rings. The summed E-state index contributed by atoms with van der Waals surface area (Å²) in [6.45, 7) is 4.00. The molecule has 0 saturated heterocycles. The minimum atomic E-state index is -0.504. The van der Waals surface area contributed by atoms with Crippen LogP contribution in [0.2, 0.25) is 0 Å². The first-order valence-electron chi connectivity index (χ1n) is 5.93. The van der Waals surface area contributed by atoms with E-state index in [1.54, 1.807) is 12.1 Å². The maximum Gasteiger partial charge on any atom is 0.224 e. The summed E-state index contributed by atoms with van der Waals surface area (Å²) in [6, 6.07) is 3.72. The summed E-state index contributed by atoms with van der Waals surface area (Å²) in [5, 5.41) is 6.18. The summed E-state index contributed by atoms with van der Waals surface area (Å²) >= 11 is 4.22. The Morgan fingerprint density at radius 2 is 2.05 bits per heavy atom. The van der Waals surface area contributed by atoms with Gasteiger partial charge in [0.15, 0.2) is 0 Å². The van der Waals surface area contributed by atoms with Crippen molar-refractivity contribution in [1.29, 1.82) is 0 Å². The van der Waals surface area contributed by atoms with Crippen molar-refractivity contribution >= 4 is 35.9 Å². The van der Waals surface area contributed by atoms with Crippen molar-refractivity contribution in [3.05, 3.63) is 12.1 Å². The number of carbonyl (C=O) groups excluding carboxylic acids is 2. The number of amides is 2. The molecule has 1 heterocycles. The summed E-state index contributed by atoms with van der Waals surface area (Å²) in [4.78, 5) is 26.3. The molecule has 0 unspecified atom stereocenters. The number of pyridine rings is 1. The molecule has 0 radical (unpaired) electrons. The molecule has 0 fully saturated rings. The average Bonchev–Trinajstić information content (AvgIpc) is 2.29. The van der Waals surface area contributed by atoms with Crippen LogP contribution in [0.25, 0.3) is 0 Å². The zero-order chi connectivity index (χ0) is 14.4. The molecule has 0 bridgehead atoms. The van der Waals surface area contributed by atoms with Gasteiger partial charge in [0.05, 0.1) is 5.69 Å². The van der Waals surface area contributed by atoms with Crippen LogP contribution in [0.1, 0.15) is 26.7 Å². The molecule has 0 spiro atoms. The molecule has 6 nitrogen and oxygen atoms in total. The van der Waals surface area contributed by atoms with E-state index in [4.69, 9.17) is 5.73 Å². The topological polar surface area (TPSA) is 97.1 Å². The molecule has 4 N–H and O–H groups in total. The maximum absolute atomic E-state index is 11.5. The summed E-state index contributed by atoms with van der Waals surface area (Å²) in [6.07, 6.45) is 0.0721. The number of nitrogens with two attached hydrogens (primary N) is 1. The predicted molar refractivity (Wildman–Crippen MR) is 77.3 cm³/mol. The van der Waals surface area contributed by atoms with Crippen LogP contribution in [0, 0.1) is 0 Å². The van der Waals surface area contributed by atoms with E-state index in [0.29, 0.717) is 16.5 Å². The average molecular weight is 282 g/mol. The minimum absolute atomic E-state index is 0.0220. The zero-order valence-electron chi connectivity index (χ0n) is 10.9. The second-order valence-electron chi connectivity index (χ2n) is 4.38. The number of anilines is 2. The van der Waals surface area contributed by atoms with Crippen LogP contribution in [-0.2, 0) is 9.59 Å². The molecule has 1 aromatic rings. The molecule has 7 heteroatoms. The lowest BCUT2D eigenvalue weighted by atomic mass is 10.3. The minimum Gasteiger partial charge on any atom is -0.370 e. The number of nitrogens with one attached hydrogen (secondary N) is 2. The van der Waals surface area contributed by atoms with Crippen molar-refractivity contribution in [2.45, 2.75) is 37.8 Å². The van der Waals surface area contributed by atoms with Gasteiger partial charge in [0.1, 0.15) is 10.8 Å². The highest BCUT2D eigenvalue weighted by Gasteiger charge is 2.08. The van der Waals surface area contributed by atoms with Gasteiger partial charge in [-0.15, -0.1) is 12.6 Å².